The summed E-state index contributed by atoms with van der Waals surface area (Å²) in [5.74, 6) is -0.746. The maximum absolute atomic E-state index is 11.9. The molecule has 2 unspecified atom stereocenters. The standard InChI is InChI=1S/C12H21NO5/c1-11(2,3)18-10(15)13-5-4-12(8-13)16-7-9(6-14)17-12/h9,14H,4-8H2,1-3H3. The van der Waals surface area contributed by atoms with Crippen molar-refractivity contribution in [3.63, 3.8) is 0 Å². The second-order valence-electron chi connectivity index (χ2n) is 5.80. The normalized spacial score (nSPS) is 32.2. The van der Waals surface area contributed by atoms with Crippen LogP contribution in [0.5, 0.6) is 0 Å². The number of aliphatic hydroxyl groups is 1. The molecule has 0 radical (unpaired) electrons. The van der Waals surface area contributed by atoms with Crippen molar-refractivity contribution in [2.45, 2.75) is 44.7 Å². The Morgan fingerprint density at radius 1 is 1.56 bits per heavy atom. The van der Waals surface area contributed by atoms with E-state index in [-0.39, 0.29) is 18.8 Å². The van der Waals surface area contributed by atoms with Crippen molar-refractivity contribution in [1.29, 1.82) is 0 Å². The molecular formula is C12H21NO5. The van der Waals surface area contributed by atoms with Crippen LogP contribution in [0.2, 0.25) is 0 Å². The molecule has 2 aliphatic rings. The molecule has 6 nitrogen and oxygen atoms in total. The first kappa shape index (κ1) is 13.6. The maximum atomic E-state index is 11.9. The summed E-state index contributed by atoms with van der Waals surface area (Å²) in [6.45, 7) is 6.72. The summed E-state index contributed by atoms with van der Waals surface area (Å²) < 4.78 is 16.5. The van der Waals surface area contributed by atoms with Crippen LogP contribution in [0.3, 0.4) is 0 Å². The number of likely N-dealkylation sites (tertiary alicyclic amines) is 1. The van der Waals surface area contributed by atoms with Gasteiger partial charge >= 0.3 is 6.09 Å². The van der Waals surface area contributed by atoms with Crippen LogP contribution in [-0.2, 0) is 14.2 Å². The molecule has 104 valence electrons. The van der Waals surface area contributed by atoms with Gasteiger partial charge in [0.05, 0.1) is 19.8 Å². The second-order valence-corrected chi connectivity index (χ2v) is 5.80. The van der Waals surface area contributed by atoms with Gasteiger partial charge in [0.2, 0.25) is 0 Å². The number of rotatable bonds is 1. The zero-order valence-corrected chi connectivity index (χ0v) is 11.1. The predicted octanol–water partition coefficient (Wildman–Crippen LogP) is 0.731. The average Bonchev–Trinajstić information content (AvgIpc) is 2.84. The summed E-state index contributed by atoms with van der Waals surface area (Å²) >= 11 is 0. The van der Waals surface area contributed by atoms with Crippen LogP contribution in [0.1, 0.15) is 27.2 Å². The number of nitrogens with zero attached hydrogens (tertiary/aromatic N) is 1. The molecule has 2 rings (SSSR count). The second kappa shape index (κ2) is 4.68. The first-order valence-corrected chi connectivity index (χ1v) is 6.24. The third-order valence-corrected chi connectivity index (χ3v) is 2.96. The third-order valence-electron chi connectivity index (χ3n) is 2.96. The summed E-state index contributed by atoms with van der Waals surface area (Å²) in [5.41, 5.74) is -0.502. The zero-order chi connectivity index (χ0) is 13.4. The predicted molar refractivity (Wildman–Crippen MR) is 63.1 cm³/mol. The molecule has 0 bridgehead atoms. The Hall–Kier alpha value is -0.850. The summed E-state index contributed by atoms with van der Waals surface area (Å²) in [7, 11) is 0. The molecule has 0 saturated carbocycles. The van der Waals surface area contributed by atoms with E-state index in [1.54, 1.807) is 4.90 Å². The van der Waals surface area contributed by atoms with E-state index >= 15 is 0 Å². The minimum atomic E-state index is -0.746. The molecule has 2 heterocycles. The molecule has 1 N–H and O–H groups in total. The van der Waals surface area contributed by atoms with Crippen molar-refractivity contribution in [3.8, 4) is 0 Å². The van der Waals surface area contributed by atoms with E-state index in [0.29, 0.717) is 26.1 Å². The SMILES string of the molecule is CC(C)(C)OC(=O)N1CCC2(C1)OCC(CO)O2. The minimum absolute atomic E-state index is 0.0613. The van der Waals surface area contributed by atoms with Gasteiger partial charge in [-0.15, -0.1) is 0 Å². The lowest BCUT2D eigenvalue weighted by Gasteiger charge is -2.26. The largest absolute Gasteiger partial charge is 0.444 e. The highest BCUT2D eigenvalue weighted by Crippen LogP contribution is 2.33. The molecule has 0 aromatic heterocycles. The molecule has 1 spiro atoms. The summed E-state index contributed by atoms with van der Waals surface area (Å²) in [6.07, 6.45) is -0.0226. The topological polar surface area (TPSA) is 68.2 Å². The van der Waals surface area contributed by atoms with Gasteiger partial charge in [0, 0.05) is 13.0 Å². The molecule has 18 heavy (non-hydrogen) atoms. The number of aliphatic hydroxyl groups excluding tert-OH is 1. The van der Waals surface area contributed by atoms with Gasteiger partial charge < -0.3 is 24.2 Å². The molecule has 2 fully saturated rings. The van der Waals surface area contributed by atoms with Crippen LogP contribution in [0.4, 0.5) is 4.79 Å². The van der Waals surface area contributed by atoms with Gasteiger partial charge in [0.1, 0.15) is 11.7 Å². The van der Waals surface area contributed by atoms with Crippen LogP contribution in [0.25, 0.3) is 0 Å². The Kier molecular flexibility index (Phi) is 3.53. The van der Waals surface area contributed by atoms with E-state index in [0.717, 1.165) is 0 Å². The fourth-order valence-corrected chi connectivity index (χ4v) is 2.16. The first-order chi connectivity index (χ1) is 8.34. The number of hydrogen-bond acceptors (Lipinski definition) is 5. The van der Waals surface area contributed by atoms with Crippen molar-refractivity contribution in [2.24, 2.45) is 0 Å². The maximum Gasteiger partial charge on any atom is 0.410 e. The van der Waals surface area contributed by atoms with Crippen molar-refractivity contribution in [2.75, 3.05) is 26.3 Å². The number of amides is 1. The third kappa shape index (κ3) is 2.93. The van der Waals surface area contributed by atoms with Crippen LogP contribution in [-0.4, -0.2) is 59.9 Å². The fourth-order valence-electron chi connectivity index (χ4n) is 2.16. The van der Waals surface area contributed by atoms with Crippen molar-refractivity contribution in [1.82, 2.24) is 4.90 Å². The average molecular weight is 259 g/mol. The Balaban J connectivity index is 1.91. The monoisotopic (exact) mass is 259 g/mol. The molecule has 2 aliphatic heterocycles. The Morgan fingerprint density at radius 2 is 2.28 bits per heavy atom. The van der Waals surface area contributed by atoms with Gasteiger partial charge in [-0.3, -0.25) is 0 Å². The van der Waals surface area contributed by atoms with Gasteiger partial charge in [0.25, 0.3) is 0 Å². The van der Waals surface area contributed by atoms with Crippen LogP contribution in [0.15, 0.2) is 0 Å². The molecule has 1 amide bonds. The Labute approximate surface area is 107 Å². The Bertz CT molecular complexity index is 327. The zero-order valence-electron chi connectivity index (χ0n) is 11.1. The van der Waals surface area contributed by atoms with E-state index in [1.165, 1.54) is 0 Å². The van der Waals surface area contributed by atoms with E-state index < -0.39 is 11.4 Å². The quantitative estimate of drug-likeness (QED) is 0.752. The highest BCUT2D eigenvalue weighted by molar-refractivity contribution is 5.68. The molecule has 0 aromatic rings. The fraction of sp³-hybridized carbons (Fsp3) is 0.917. The van der Waals surface area contributed by atoms with Crippen molar-refractivity contribution >= 4 is 6.09 Å². The molecule has 0 aliphatic carbocycles. The van der Waals surface area contributed by atoms with Crippen LogP contribution in [0, 0.1) is 0 Å². The molecule has 2 atom stereocenters. The van der Waals surface area contributed by atoms with Gasteiger partial charge in [-0.05, 0) is 20.8 Å². The van der Waals surface area contributed by atoms with Gasteiger partial charge in [-0.1, -0.05) is 0 Å². The summed E-state index contributed by atoms with van der Waals surface area (Å²) in [6, 6.07) is 0. The highest BCUT2D eigenvalue weighted by atomic mass is 16.8. The lowest BCUT2D eigenvalue weighted by atomic mass is 10.2. The molecule has 6 heteroatoms. The smallest absolute Gasteiger partial charge is 0.410 e. The summed E-state index contributed by atoms with van der Waals surface area (Å²) in [4.78, 5) is 13.5. The first-order valence-electron chi connectivity index (χ1n) is 6.24. The van der Waals surface area contributed by atoms with Crippen LogP contribution >= 0.6 is 0 Å². The molecule has 2 saturated heterocycles. The van der Waals surface area contributed by atoms with Crippen molar-refractivity contribution in [3.05, 3.63) is 0 Å². The van der Waals surface area contributed by atoms with E-state index in [2.05, 4.69) is 0 Å². The van der Waals surface area contributed by atoms with E-state index in [9.17, 15) is 4.79 Å². The molecule has 0 aromatic carbocycles. The summed E-state index contributed by atoms with van der Waals surface area (Å²) in [5, 5.41) is 9.03. The highest BCUT2D eigenvalue weighted by Gasteiger charge is 2.48. The van der Waals surface area contributed by atoms with Crippen LogP contribution < -0.4 is 0 Å². The van der Waals surface area contributed by atoms with Gasteiger partial charge in [-0.2, -0.15) is 0 Å². The Morgan fingerprint density at radius 3 is 2.83 bits per heavy atom. The van der Waals surface area contributed by atoms with Gasteiger partial charge in [0.15, 0.2) is 5.79 Å². The van der Waals surface area contributed by atoms with Crippen molar-refractivity contribution < 1.29 is 24.1 Å². The molecular weight excluding hydrogens is 238 g/mol. The number of hydrogen-bond donors (Lipinski definition) is 1. The van der Waals surface area contributed by atoms with E-state index in [1.807, 2.05) is 20.8 Å². The number of carbonyl (C=O) groups excluding carboxylic acids is 1. The van der Waals surface area contributed by atoms with Gasteiger partial charge in [-0.25, -0.2) is 4.79 Å². The lowest BCUT2D eigenvalue weighted by Crippen LogP contribution is -2.40. The minimum Gasteiger partial charge on any atom is -0.444 e. The lowest BCUT2D eigenvalue weighted by molar-refractivity contribution is -0.159. The number of ether oxygens (including phenoxy) is 3. The van der Waals surface area contributed by atoms with E-state index in [4.69, 9.17) is 19.3 Å². The number of carbonyl (C=O) groups is 1.